The molecule has 0 aliphatic heterocycles. The van der Waals surface area contributed by atoms with Crippen LogP contribution >= 0.6 is 31.9 Å². The third-order valence-corrected chi connectivity index (χ3v) is 4.52. The highest BCUT2D eigenvalue weighted by atomic mass is 79.9. The predicted molar refractivity (Wildman–Crippen MR) is 80.3 cm³/mol. The highest BCUT2D eigenvalue weighted by Gasteiger charge is 2.01. The van der Waals surface area contributed by atoms with E-state index >= 15 is 0 Å². The van der Waals surface area contributed by atoms with Crippen molar-refractivity contribution in [1.29, 1.82) is 0 Å². The summed E-state index contributed by atoms with van der Waals surface area (Å²) in [5.74, 6) is -0.174. The van der Waals surface area contributed by atoms with Gasteiger partial charge in [0.1, 0.15) is 5.82 Å². The van der Waals surface area contributed by atoms with Gasteiger partial charge in [-0.3, -0.25) is 0 Å². The molecule has 0 amide bonds. The average Bonchev–Trinajstić information content (AvgIpc) is 2.35. The lowest BCUT2D eigenvalue weighted by molar-refractivity contribution is 0.618. The Bertz CT molecular complexity index is 518. The van der Waals surface area contributed by atoms with Crippen LogP contribution < -0.4 is 5.32 Å². The van der Waals surface area contributed by atoms with E-state index in [4.69, 9.17) is 0 Å². The van der Waals surface area contributed by atoms with Crippen molar-refractivity contribution in [2.75, 3.05) is 5.32 Å². The molecule has 0 aromatic heterocycles. The largest absolute Gasteiger partial charge is 0.381 e. The van der Waals surface area contributed by atoms with Crippen molar-refractivity contribution in [3.8, 4) is 0 Å². The zero-order valence-corrected chi connectivity index (χ0v) is 13.0. The Morgan fingerprint density at radius 3 is 2.50 bits per heavy atom. The van der Waals surface area contributed by atoms with Crippen molar-refractivity contribution in [2.24, 2.45) is 0 Å². The molecule has 0 saturated heterocycles. The van der Waals surface area contributed by atoms with E-state index in [9.17, 15) is 4.39 Å². The van der Waals surface area contributed by atoms with Crippen molar-refractivity contribution in [2.45, 2.75) is 13.5 Å². The summed E-state index contributed by atoms with van der Waals surface area (Å²) in [6.07, 6.45) is 0. The van der Waals surface area contributed by atoms with Crippen LogP contribution in [0.4, 0.5) is 10.1 Å². The molecule has 4 heteroatoms. The molecular formula is C14H12Br2FN. The van der Waals surface area contributed by atoms with Gasteiger partial charge in [0.25, 0.3) is 0 Å². The molecule has 2 rings (SSSR count). The molecule has 2 aromatic carbocycles. The fourth-order valence-electron chi connectivity index (χ4n) is 1.61. The van der Waals surface area contributed by atoms with Crippen LogP contribution in [-0.4, -0.2) is 0 Å². The molecule has 0 radical (unpaired) electrons. The van der Waals surface area contributed by atoms with Crippen LogP contribution in [-0.2, 0) is 6.54 Å². The second-order valence-corrected chi connectivity index (χ2v) is 5.77. The SMILES string of the molecule is Cc1cc(NCc2ccc(Br)c(Br)c2)ccc1F. The van der Waals surface area contributed by atoms with Gasteiger partial charge >= 0.3 is 0 Å². The van der Waals surface area contributed by atoms with Gasteiger partial charge in [0.05, 0.1) is 0 Å². The summed E-state index contributed by atoms with van der Waals surface area (Å²) in [5.41, 5.74) is 2.73. The first-order chi connectivity index (χ1) is 8.56. The molecule has 0 aliphatic carbocycles. The van der Waals surface area contributed by atoms with E-state index < -0.39 is 0 Å². The summed E-state index contributed by atoms with van der Waals surface area (Å²) in [6.45, 7) is 2.47. The van der Waals surface area contributed by atoms with Gasteiger partial charge in [-0.2, -0.15) is 0 Å². The minimum atomic E-state index is -0.174. The first-order valence-electron chi connectivity index (χ1n) is 5.50. The fraction of sp³-hybridized carbons (Fsp3) is 0.143. The molecule has 18 heavy (non-hydrogen) atoms. The molecule has 0 aliphatic rings. The number of rotatable bonds is 3. The van der Waals surface area contributed by atoms with Gasteiger partial charge in [-0.1, -0.05) is 6.07 Å². The van der Waals surface area contributed by atoms with E-state index in [2.05, 4.69) is 37.2 Å². The number of hydrogen-bond donors (Lipinski definition) is 1. The van der Waals surface area contributed by atoms with Crippen LogP contribution in [0, 0.1) is 12.7 Å². The van der Waals surface area contributed by atoms with Crippen LogP contribution in [0.1, 0.15) is 11.1 Å². The molecule has 0 fully saturated rings. The second kappa shape index (κ2) is 5.85. The molecule has 1 N–H and O–H groups in total. The molecule has 0 bridgehead atoms. The van der Waals surface area contributed by atoms with Gasteiger partial charge in [-0.05, 0) is 80.2 Å². The first-order valence-corrected chi connectivity index (χ1v) is 7.09. The minimum absolute atomic E-state index is 0.174. The predicted octanol–water partition coefficient (Wildman–Crippen LogP) is 5.27. The maximum Gasteiger partial charge on any atom is 0.126 e. The Morgan fingerprint density at radius 2 is 1.83 bits per heavy atom. The Morgan fingerprint density at radius 1 is 1.06 bits per heavy atom. The highest BCUT2D eigenvalue weighted by molar-refractivity contribution is 9.13. The maximum atomic E-state index is 13.1. The Kier molecular flexibility index (Phi) is 4.40. The summed E-state index contributed by atoms with van der Waals surface area (Å²) in [5, 5.41) is 3.27. The van der Waals surface area contributed by atoms with Gasteiger partial charge in [-0.25, -0.2) is 4.39 Å². The number of aryl methyl sites for hydroxylation is 1. The Balaban J connectivity index is 2.06. The lowest BCUT2D eigenvalue weighted by atomic mass is 10.2. The van der Waals surface area contributed by atoms with Gasteiger partial charge in [0.2, 0.25) is 0 Å². The van der Waals surface area contributed by atoms with E-state index in [1.807, 2.05) is 24.3 Å². The topological polar surface area (TPSA) is 12.0 Å². The minimum Gasteiger partial charge on any atom is -0.381 e. The summed E-state index contributed by atoms with van der Waals surface area (Å²) < 4.78 is 15.2. The van der Waals surface area contributed by atoms with Crippen LogP contribution in [0.25, 0.3) is 0 Å². The highest BCUT2D eigenvalue weighted by Crippen LogP contribution is 2.24. The Labute approximate surface area is 123 Å². The number of anilines is 1. The van der Waals surface area contributed by atoms with Gasteiger partial charge in [0, 0.05) is 21.2 Å². The molecule has 94 valence electrons. The molecule has 0 heterocycles. The molecular weight excluding hydrogens is 361 g/mol. The van der Waals surface area contributed by atoms with Crippen LogP contribution in [0.2, 0.25) is 0 Å². The second-order valence-electron chi connectivity index (χ2n) is 4.07. The van der Waals surface area contributed by atoms with Crippen molar-refractivity contribution in [3.05, 3.63) is 62.3 Å². The summed E-state index contributed by atoms with van der Waals surface area (Å²) in [7, 11) is 0. The van der Waals surface area contributed by atoms with E-state index in [1.54, 1.807) is 13.0 Å². The zero-order valence-electron chi connectivity index (χ0n) is 9.81. The lowest BCUT2D eigenvalue weighted by Gasteiger charge is -2.08. The summed E-state index contributed by atoms with van der Waals surface area (Å²) in [6, 6.07) is 11.1. The molecule has 0 atom stereocenters. The van der Waals surface area contributed by atoms with Crippen LogP contribution in [0.3, 0.4) is 0 Å². The quantitative estimate of drug-likeness (QED) is 0.773. The average molecular weight is 373 g/mol. The number of halogens is 3. The van der Waals surface area contributed by atoms with Crippen LogP contribution in [0.15, 0.2) is 45.3 Å². The third-order valence-electron chi connectivity index (χ3n) is 2.64. The van der Waals surface area contributed by atoms with Gasteiger partial charge in [0.15, 0.2) is 0 Å². The maximum absolute atomic E-state index is 13.1. The van der Waals surface area contributed by atoms with E-state index in [-0.39, 0.29) is 5.82 Å². The summed E-state index contributed by atoms with van der Waals surface area (Å²) >= 11 is 6.90. The number of hydrogen-bond acceptors (Lipinski definition) is 1. The normalized spacial score (nSPS) is 10.4. The number of nitrogens with one attached hydrogen (secondary N) is 1. The van der Waals surface area contributed by atoms with Crippen molar-refractivity contribution >= 4 is 37.5 Å². The van der Waals surface area contributed by atoms with Gasteiger partial charge in [-0.15, -0.1) is 0 Å². The number of benzene rings is 2. The van der Waals surface area contributed by atoms with Crippen LogP contribution in [0.5, 0.6) is 0 Å². The first kappa shape index (κ1) is 13.6. The van der Waals surface area contributed by atoms with Gasteiger partial charge < -0.3 is 5.32 Å². The Hall–Kier alpha value is -0.870. The third kappa shape index (κ3) is 3.33. The van der Waals surface area contributed by atoms with E-state index in [0.29, 0.717) is 12.1 Å². The standard InChI is InChI=1S/C14H12Br2FN/c1-9-6-11(3-5-14(9)17)18-8-10-2-4-12(15)13(16)7-10/h2-7,18H,8H2,1H3. The van der Waals surface area contributed by atoms with Crippen molar-refractivity contribution in [3.63, 3.8) is 0 Å². The fourth-order valence-corrected chi connectivity index (χ4v) is 2.28. The molecule has 0 saturated carbocycles. The smallest absolute Gasteiger partial charge is 0.126 e. The summed E-state index contributed by atoms with van der Waals surface area (Å²) in [4.78, 5) is 0. The molecule has 1 nitrogen and oxygen atoms in total. The lowest BCUT2D eigenvalue weighted by Crippen LogP contribution is -2.00. The van der Waals surface area contributed by atoms with Crippen molar-refractivity contribution in [1.82, 2.24) is 0 Å². The van der Waals surface area contributed by atoms with E-state index in [1.165, 1.54) is 6.07 Å². The molecule has 2 aromatic rings. The van der Waals surface area contributed by atoms with E-state index in [0.717, 1.165) is 20.2 Å². The molecule has 0 unspecified atom stereocenters. The van der Waals surface area contributed by atoms with Crippen molar-refractivity contribution < 1.29 is 4.39 Å². The zero-order chi connectivity index (χ0) is 13.1. The molecule has 0 spiro atoms. The monoisotopic (exact) mass is 371 g/mol.